The van der Waals surface area contributed by atoms with Crippen molar-refractivity contribution in [1.82, 2.24) is 14.8 Å². The SMILES string of the molecule is O=C(CC1CCOC1)N1CCN(Cc2cccnc2)CC1. The maximum Gasteiger partial charge on any atom is 0.223 e. The zero-order valence-electron chi connectivity index (χ0n) is 12.4. The third kappa shape index (κ3) is 4.02. The third-order valence-electron chi connectivity index (χ3n) is 4.34. The number of carbonyl (C=O) groups is 1. The zero-order valence-corrected chi connectivity index (χ0v) is 12.4. The van der Waals surface area contributed by atoms with Gasteiger partial charge in [0.1, 0.15) is 0 Å². The number of aromatic nitrogens is 1. The number of rotatable bonds is 4. The molecule has 0 radical (unpaired) electrons. The molecule has 1 aromatic heterocycles. The predicted molar refractivity (Wildman–Crippen MR) is 79.6 cm³/mol. The first-order valence-corrected chi connectivity index (χ1v) is 7.78. The molecule has 0 bridgehead atoms. The highest BCUT2D eigenvalue weighted by molar-refractivity contribution is 5.76. The smallest absolute Gasteiger partial charge is 0.223 e. The summed E-state index contributed by atoms with van der Waals surface area (Å²) in [5, 5.41) is 0. The minimum absolute atomic E-state index is 0.298. The molecular formula is C16H23N3O2. The van der Waals surface area contributed by atoms with Crippen LogP contribution in [0.5, 0.6) is 0 Å². The average Bonchev–Trinajstić information content (AvgIpc) is 3.02. The molecule has 0 aromatic carbocycles. The standard InChI is InChI=1S/C16H23N3O2/c20-16(10-14-3-9-21-13-14)19-7-5-18(6-8-19)12-15-2-1-4-17-11-15/h1-2,4,11,14H,3,5-10,12-13H2. The van der Waals surface area contributed by atoms with Crippen molar-refractivity contribution >= 4 is 5.91 Å². The Labute approximate surface area is 125 Å². The number of amides is 1. The molecule has 0 aliphatic carbocycles. The second-order valence-electron chi connectivity index (χ2n) is 5.95. The van der Waals surface area contributed by atoms with Crippen LogP contribution in [-0.4, -0.2) is 60.1 Å². The van der Waals surface area contributed by atoms with Crippen molar-refractivity contribution in [3.8, 4) is 0 Å². The lowest BCUT2D eigenvalue weighted by Gasteiger charge is -2.35. The van der Waals surface area contributed by atoms with Crippen molar-refractivity contribution in [3.05, 3.63) is 30.1 Å². The second kappa shape index (κ2) is 7.00. The van der Waals surface area contributed by atoms with Crippen LogP contribution in [0, 0.1) is 5.92 Å². The Morgan fingerprint density at radius 1 is 1.33 bits per heavy atom. The first-order valence-electron chi connectivity index (χ1n) is 7.78. The molecule has 0 spiro atoms. The number of piperazine rings is 1. The summed E-state index contributed by atoms with van der Waals surface area (Å²) in [5.41, 5.74) is 1.24. The molecule has 1 unspecified atom stereocenters. The van der Waals surface area contributed by atoms with E-state index in [0.29, 0.717) is 18.2 Å². The molecule has 21 heavy (non-hydrogen) atoms. The van der Waals surface area contributed by atoms with Crippen LogP contribution in [0.25, 0.3) is 0 Å². The van der Waals surface area contributed by atoms with Crippen molar-refractivity contribution in [1.29, 1.82) is 0 Å². The number of nitrogens with zero attached hydrogens (tertiary/aromatic N) is 3. The quantitative estimate of drug-likeness (QED) is 0.834. The summed E-state index contributed by atoms with van der Waals surface area (Å²) in [5.74, 6) is 0.734. The lowest BCUT2D eigenvalue weighted by Crippen LogP contribution is -2.48. The monoisotopic (exact) mass is 289 g/mol. The molecule has 2 aliphatic rings. The summed E-state index contributed by atoms with van der Waals surface area (Å²) in [4.78, 5) is 20.8. The molecule has 5 nitrogen and oxygen atoms in total. The summed E-state index contributed by atoms with van der Waals surface area (Å²) >= 11 is 0. The van der Waals surface area contributed by atoms with E-state index < -0.39 is 0 Å². The molecule has 2 fully saturated rings. The van der Waals surface area contributed by atoms with Crippen molar-refractivity contribution in [3.63, 3.8) is 0 Å². The van der Waals surface area contributed by atoms with Gasteiger partial charge in [0.05, 0.1) is 0 Å². The van der Waals surface area contributed by atoms with Crippen LogP contribution in [0.2, 0.25) is 0 Å². The van der Waals surface area contributed by atoms with Gasteiger partial charge in [0.25, 0.3) is 0 Å². The zero-order chi connectivity index (χ0) is 14.5. The van der Waals surface area contributed by atoms with Gasteiger partial charge in [-0.3, -0.25) is 14.7 Å². The summed E-state index contributed by atoms with van der Waals surface area (Å²) in [6, 6.07) is 4.07. The van der Waals surface area contributed by atoms with Gasteiger partial charge in [-0.2, -0.15) is 0 Å². The highest BCUT2D eigenvalue weighted by atomic mass is 16.5. The van der Waals surface area contributed by atoms with Crippen LogP contribution in [0.1, 0.15) is 18.4 Å². The van der Waals surface area contributed by atoms with Crippen molar-refractivity contribution in [2.24, 2.45) is 5.92 Å². The number of hydrogen-bond acceptors (Lipinski definition) is 4. The Morgan fingerprint density at radius 3 is 2.86 bits per heavy atom. The van der Waals surface area contributed by atoms with Gasteiger partial charge in [0, 0.05) is 64.8 Å². The topological polar surface area (TPSA) is 45.7 Å². The van der Waals surface area contributed by atoms with Gasteiger partial charge in [-0.05, 0) is 24.0 Å². The van der Waals surface area contributed by atoms with Crippen molar-refractivity contribution < 1.29 is 9.53 Å². The fourth-order valence-corrected chi connectivity index (χ4v) is 3.03. The van der Waals surface area contributed by atoms with Gasteiger partial charge in [-0.15, -0.1) is 0 Å². The van der Waals surface area contributed by atoms with E-state index in [1.165, 1.54) is 5.56 Å². The molecule has 3 rings (SSSR count). The minimum Gasteiger partial charge on any atom is -0.381 e. The maximum absolute atomic E-state index is 12.3. The normalized spacial score (nSPS) is 23.4. The fraction of sp³-hybridized carbons (Fsp3) is 0.625. The third-order valence-corrected chi connectivity index (χ3v) is 4.34. The number of ether oxygens (including phenoxy) is 1. The maximum atomic E-state index is 12.3. The number of hydrogen-bond donors (Lipinski definition) is 0. The van der Waals surface area contributed by atoms with Crippen molar-refractivity contribution in [2.75, 3.05) is 39.4 Å². The van der Waals surface area contributed by atoms with Gasteiger partial charge in [-0.25, -0.2) is 0 Å². The minimum atomic E-state index is 0.298. The number of carbonyl (C=O) groups excluding carboxylic acids is 1. The molecule has 2 saturated heterocycles. The lowest BCUT2D eigenvalue weighted by atomic mass is 10.0. The molecule has 3 heterocycles. The Hall–Kier alpha value is -1.46. The largest absolute Gasteiger partial charge is 0.381 e. The Bertz CT molecular complexity index is 452. The molecular weight excluding hydrogens is 266 g/mol. The highest BCUT2D eigenvalue weighted by Gasteiger charge is 2.25. The summed E-state index contributed by atoms with van der Waals surface area (Å²) < 4.78 is 5.34. The summed E-state index contributed by atoms with van der Waals surface area (Å²) in [6.45, 7) is 6.07. The molecule has 5 heteroatoms. The lowest BCUT2D eigenvalue weighted by molar-refractivity contribution is -0.134. The van der Waals surface area contributed by atoms with E-state index in [0.717, 1.165) is 52.4 Å². The van der Waals surface area contributed by atoms with Gasteiger partial charge >= 0.3 is 0 Å². The molecule has 0 N–H and O–H groups in total. The molecule has 1 atom stereocenters. The van der Waals surface area contributed by atoms with Gasteiger partial charge < -0.3 is 9.64 Å². The first-order chi connectivity index (χ1) is 10.3. The fourth-order valence-electron chi connectivity index (χ4n) is 3.03. The van der Waals surface area contributed by atoms with Crippen LogP contribution in [0.15, 0.2) is 24.5 Å². The molecule has 1 amide bonds. The molecule has 114 valence electrons. The van der Waals surface area contributed by atoms with E-state index in [2.05, 4.69) is 16.0 Å². The van der Waals surface area contributed by atoms with E-state index in [9.17, 15) is 4.79 Å². The van der Waals surface area contributed by atoms with Crippen molar-refractivity contribution in [2.45, 2.75) is 19.4 Å². The van der Waals surface area contributed by atoms with E-state index in [1.54, 1.807) is 6.20 Å². The van der Waals surface area contributed by atoms with Gasteiger partial charge in [0.2, 0.25) is 5.91 Å². The van der Waals surface area contributed by atoms with Gasteiger partial charge in [-0.1, -0.05) is 6.07 Å². The highest BCUT2D eigenvalue weighted by Crippen LogP contribution is 2.18. The van der Waals surface area contributed by atoms with Crippen LogP contribution in [0.4, 0.5) is 0 Å². The predicted octanol–water partition coefficient (Wildman–Crippen LogP) is 1.15. The van der Waals surface area contributed by atoms with Crippen LogP contribution < -0.4 is 0 Å². The Balaban J connectivity index is 1.43. The molecule has 0 saturated carbocycles. The second-order valence-corrected chi connectivity index (χ2v) is 5.95. The molecule has 2 aliphatic heterocycles. The van der Waals surface area contributed by atoms with E-state index >= 15 is 0 Å². The molecule has 1 aromatic rings. The average molecular weight is 289 g/mol. The Morgan fingerprint density at radius 2 is 2.19 bits per heavy atom. The van der Waals surface area contributed by atoms with Crippen LogP contribution in [0.3, 0.4) is 0 Å². The van der Waals surface area contributed by atoms with Crippen LogP contribution >= 0.6 is 0 Å². The first kappa shape index (κ1) is 14.5. The Kier molecular flexibility index (Phi) is 4.83. The summed E-state index contributed by atoms with van der Waals surface area (Å²) in [7, 11) is 0. The van der Waals surface area contributed by atoms with Crippen LogP contribution in [-0.2, 0) is 16.1 Å². The van der Waals surface area contributed by atoms with Gasteiger partial charge in [0.15, 0.2) is 0 Å². The van der Waals surface area contributed by atoms with E-state index in [1.807, 2.05) is 17.2 Å². The van der Waals surface area contributed by atoms with E-state index in [-0.39, 0.29) is 0 Å². The van der Waals surface area contributed by atoms with E-state index in [4.69, 9.17) is 4.74 Å². The number of pyridine rings is 1. The summed E-state index contributed by atoms with van der Waals surface area (Å²) in [6.07, 6.45) is 5.40.